The average Bonchev–Trinajstić information content (AvgIpc) is 3.01. The van der Waals surface area contributed by atoms with Crippen LogP contribution in [0, 0.1) is 5.92 Å². The number of esters is 1. The summed E-state index contributed by atoms with van der Waals surface area (Å²) in [5.74, 6) is -0.424. The first kappa shape index (κ1) is 18.1. The minimum atomic E-state index is -3.83. The molecule has 2 aliphatic rings. The van der Waals surface area contributed by atoms with Crippen LogP contribution in [0.3, 0.4) is 0 Å². The second-order valence-electron chi connectivity index (χ2n) is 6.80. The molecule has 1 saturated carbocycles. The number of carbonyl (C=O) groups excluding carboxylic acids is 2. The van der Waals surface area contributed by atoms with Gasteiger partial charge in [-0.3, -0.25) is 9.59 Å². The molecule has 2 fully saturated rings. The van der Waals surface area contributed by atoms with Crippen molar-refractivity contribution >= 4 is 21.8 Å². The number of ether oxygens (including phenoxy) is 1. The van der Waals surface area contributed by atoms with Crippen molar-refractivity contribution in [2.24, 2.45) is 5.92 Å². The van der Waals surface area contributed by atoms with E-state index in [2.05, 4.69) is 0 Å². The molecule has 136 valence electrons. The van der Waals surface area contributed by atoms with Crippen molar-refractivity contribution < 1.29 is 22.7 Å². The number of hydrogen-bond donors (Lipinski definition) is 0. The molecule has 0 N–H and O–H groups in total. The highest BCUT2D eigenvalue weighted by Gasteiger charge is 2.51. The zero-order chi connectivity index (χ0) is 18.2. The third-order valence-corrected chi connectivity index (χ3v) is 7.29. The van der Waals surface area contributed by atoms with E-state index in [1.54, 1.807) is 0 Å². The molecule has 1 aliphatic carbocycles. The number of fused-ring (bicyclic) bond motifs is 1. The lowest BCUT2D eigenvalue weighted by molar-refractivity contribution is -0.144. The predicted octanol–water partition coefficient (Wildman–Crippen LogP) is 2.38. The number of benzene rings is 1. The fraction of sp³-hybridized carbons (Fsp3) is 0.556. The molecule has 3 atom stereocenters. The van der Waals surface area contributed by atoms with E-state index in [4.69, 9.17) is 4.74 Å². The largest absolute Gasteiger partial charge is 0.468 e. The standard InChI is InChI=1S/C18H23NO5S/c1-12(20)13-7-9-15(10-8-13)25(22,23)19-16-6-4-3-5-14(16)11-17(19)18(21)24-2/h7-10,14,16-17H,3-6,11H2,1-2H3/t14-,16+,17+/m1/s1. The Morgan fingerprint density at radius 1 is 1.12 bits per heavy atom. The summed E-state index contributed by atoms with van der Waals surface area (Å²) >= 11 is 0. The van der Waals surface area contributed by atoms with Gasteiger partial charge in [-0.25, -0.2) is 8.42 Å². The van der Waals surface area contributed by atoms with E-state index >= 15 is 0 Å². The maximum atomic E-state index is 13.2. The lowest BCUT2D eigenvalue weighted by Crippen LogP contribution is -2.46. The van der Waals surface area contributed by atoms with Gasteiger partial charge in [-0.1, -0.05) is 25.0 Å². The van der Waals surface area contributed by atoms with E-state index in [0.29, 0.717) is 12.0 Å². The SMILES string of the molecule is COC(=O)[C@@H]1C[C@H]2CCCC[C@@H]2N1S(=O)(=O)c1ccc(C(C)=O)cc1. The normalized spacial score (nSPS) is 26.9. The molecule has 1 aromatic carbocycles. The van der Waals surface area contributed by atoms with Crippen LogP contribution in [0.25, 0.3) is 0 Å². The summed E-state index contributed by atoms with van der Waals surface area (Å²) in [6.07, 6.45) is 4.25. The molecule has 6 nitrogen and oxygen atoms in total. The molecule has 0 aromatic heterocycles. The summed E-state index contributed by atoms with van der Waals surface area (Å²) in [5.41, 5.74) is 0.459. The van der Waals surface area contributed by atoms with Gasteiger partial charge in [0.15, 0.2) is 5.78 Å². The Labute approximate surface area is 148 Å². The van der Waals surface area contributed by atoms with E-state index in [1.165, 1.54) is 42.6 Å². The molecule has 25 heavy (non-hydrogen) atoms. The summed E-state index contributed by atoms with van der Waals surface area (Å²) in [7, 11) is -2.55. The van der Waals surface area contributed by atoms with Crippen molar-refractivity contribution in [2.75, 3.05) is 7.11 Å². The van der Waals surface area contributed by atoms with Gasteiger partial charge in [0.2, 0.25) is 10.0 Å². The number of Topliss-reactive ketones (excluding diaryl/α,β-unsaturated/α-hetero) is 1. The van der Waals surface area contributed by atoms with E-state index in [9.17, 15) is 18.0 Å². The van der Waals surface area contributed by atoms with E-state index in [0.717, 1.165) is 25.7 Å². The Bertz CT molecular complexity index is 771. The minimum absolute atomic E-state index is 0.109. The van der Waals surface area contributed by atoms with Gasteiger partial charge in [0.05, 0.1) is 12.0 Å². The van der Waals surface area contributed by atoms with E-state index < -0.39 is 22.0 Å². The summed E-state index contributed by atoms with van der Waals surface area (Å²) in [5, 5.41) is 0. The van der Waals surface area contributed by atoms with Gasteiger partial charge in [-0.2, -0.15) is 4.31 Å². The Kier molecular flexibility index (Phi) is 4.97. The van der Waals surface area contributed by atoms with Crippen molar-refractivity contribution in [3.63, 3.8) is 0 Å². The monoisotopic (exact) mass is 365 g/mol. The maximum Gasteiger partial charge on any atom is 0.324 e. The van der Waals surface area contributed by atoms with Crippen LogP contribution in [0.4, 0.5) is 0 Å². The maximum absolute atomic E-state index is 13.2. The third kappa shape index (κ3) is 3.22. The predicted molar refractivity (Wildman–Crippen MR) is 91.6 cm³/mol. The number of methoxy groups -OCH3 is 1. The minimum Gasteiger partial charge on any atom is -0.468 e. The molecular weight excluding hydrogens is 342 g/mol. The Hall–Kier alpha value is -1.73. The van der Waals surface area contributed by atoms with Gasteiger partial charge in [0.1, 0.15) is 6.04 Å². The number of sulfonamides is 1. The lowest BCUT2D eigenvalue weighted by Gasteiger charge is -2.32. The highest BCUT2D eigenvalue weighted by Crippen LogP contribution is 2.43. The topological polar surface area (TPSA) is 80.8 Å². The number of hydrogen-bond acceptors (Lipinski definition) is 5. The molecule has 0 amide bonds. The Morgan fingerprint density at radius 2 is 1.76 bits per heavy atom. The molecule has 0 unspecified atom stereocenters. The average molecular weight is 365 g/mol. The summed E-state index contributed by atoms with van der Waals surface area (Å²) < 4.78 is 32.7. The zero-order valence-corrected chi connectivity index (χ0v) is 15.3. The number of rotatable bonds is 4. The molecule has 1 saturated heterocycles. The van der Waals surface area contributed by atoms with Crippen LogP contribution in [0.15, 0.2) is 29.2 Å². The van der Waals surface area contributed by atoms with Crippen LogP contribution < -0.4 is 0 Å². The van der Waals surface area contributed by atoms with E-state index in [-0.39, 0.29) is 22.6 Å². The number of carbonyl (C=O) groups is 2. The molecule has 0 spiro atoms. The Balaban J connectivity index is 1.99. The van der Waals surface area contributed by atoms with Gasteiger partial charge in [-0.05, 0) is 44.2 Å². The van der Waals surface area contributed by atoms with Crippen LogP contribution in [0.1, 0.15) is 49.4 Å². The van der Waals surface area contributed by atoms with E-state index in [1.807, 2.05) is 0 Å². The number of ketones is 1. The van der Waals surface area contributed by atoms with Crippen LogP contribution in [-0.2, 0) is 19.6 Å². The molecule has 3 rings (SSSR count). The zero-order valence-electron chi connectivity index (χ0n) is 14.5. The van der Waals surface area contributed by atoms with Crippen LogP contribution in [-0.4, -0.2) is 43.7 Å². The fourth-order valence-corrected chi connectivity index (χ4v) is 5.95. The van der Waals surface area contributed by atoms with Crippen LogP contribution in [0.5, 0.6) is 0 Å². The first-order valence-electron chi connectivity index (χ1n) is 8.58. The second kappa shape index (κ2) is 6.88. The molecule has 1 aliphatic heterocycles. The van der Waals surface area contributed by atoms with Crippen molar-refractivity contribution in [3.8, 4) is 0 Å². The third-order valence-electron chi connectivity index (χ3n) is 5.34. The molecule has 7 heteroatoms. The molecule has 0 radical (unpaired) electrons. The molecule has 1 heterocycles. The smallest absolute Gasteiger partial charge is 0.324 e. The summed E-state index contributed by atoms with van der Waals surface area (Å²) in [6, 6.07) is 4.98. The first-order chi connectivity index (χ1) is 11.9. The van der Waals surface area contributed by atoms with Gasteiger partial charge >= 0.3 is 5.97 Å². The van der Waals surface area contributed by atoms with Crippen LogP contribution >= 0.6 is 0 Å². The van der Waals surface area contributed by atoms with Crippen molar-refractivity contribution in [2.45, 2.75) is 56.0 Å². The highest BCUT2D eigenvalue weighted by molar-refractivity contribution is 7.89. The van der Waals surface area contributed by atoms with Gasteiger partial charge in [0, 0.05) is 11.6 Å². The van der Waals surface area contributed by atoms with Gasteiger partial charge in [0.25, 0.3) is 0 Å². The first-order valence-corrected chi connectivity index (χ1v) is 10.0. The highest BCUT2D eigenvalue weighted by atomic mass is 32.2. The molecule has 0 bridgehead atoms. The van der Waals surface area contributed by atoms with Crippen molar-refractivity contribution in [3.05, 3.63) is 29.8 Å². The fourth-order valence-electron chi connectivity index (χ4n) is 4.09. The van der Waals surface area contributed by atoms with Gasteiger partial charge < -0.3 is 4.74 Å². The summed E-state index contributed by atoms with van der Waals surface area (Å²) in [4.78, 5) is 23.7. The second-order valence-corrected chi connectivity index (χ2v) is 8.65. The number of nitrogens with zero attached hydrogens (tertiary/aromatic N) is 1. The Morgan fingerprint density at radius 3 is 2.36 bits per heavy atom. The molecule has 1 aromatic rings. The lowest BCUT2D eigenvalue weighted by atomic mass is 9.85. The van der Waals surface area contributed by atoms with Crippen molar-refractivity contribution in [1.82, 2.24) is 4.31 Å². The van der Waals surface area contributed by atoms with Gasteiger partial charge in [-0.15, -0.1) is 0 Å². The quantitative estimate of drug-likeness (QED) is 0.604. The van der Waals surface area contributed by atoms with Crippen LogP contribution in [0.2, 0.25) is 0 Å². The summed E-state index contributed by atoms with van der Waals surface area (Å²) in [6.45, 7) is 1.43. The van der Waals surface area contributed by atoms with Crippen molar-refractivity contribution in [1.29, 1.82) is 0 Å². The molecular formula is C18H23NO5S.